The summed E-state index contributed by atoms with van der Waals surface area (Å²) >= 11 is 0. The number of carboxylic acids is 1. The van der Waals surface area contributed by atoms with Gasteiger partial charge in [-0.1, -0.05) is 30.3 Å². The van der Waals surface area contributed by atoms with Gasteiger partial charge in [0.05, 0.1) is 31.0 Å². The number of H-pyrrole nitrogens is 1. The Kier molecular flexibility index (Phi) is 8.25. The number of aromatic amines is 1. The second kappa shape index (κ2) is 11.8. The third-order valence-electron chi connectivity index (χ3n) is 5.88. The van der Waals surface area contributed by atoms with E-state index in [1.807, 2.05) is 42.5 Å². The lowest BCUT2D eigenvalue weighted by molar-refractivity contribution is -0.236. The topological polar surface area (TPSA) is 140 Å². The number of nitrogens with two attached hydrogens (primary N) is 1. The Hall–Kier alpha value is -4.41. The molecule has 2 aromatic carbocycles. The minimum atomic E-state index is -1.10. The van der Waals surface area contributed by atoms with Crippen LogP contribution in [-0.2, 0) is 25.5 Å². The highest BCUT2D eigenvalue weighted by molar-refractivity contribution is 5.78. The molecule has 3 heterocycles. The smallest absolute Gasteiger partial charge is 0.314 e. The number of pyridine rings is 1. The second-order valence-corrected chi connectivity index (χ2v) is 9.04. The number of hydrogen-bond donors (Lipinski definition) is 3. The quantitative estimate of drug-likeness (QED) is 0.349. The highest BCUT2D eigenvalue weighted by atomic mass is 19.1. The van der Waals surface area contributed by atoms with Crippen LogP contribution < -0.4 is 5.73 Å². The van der Waals surface area contributed by atoms with Crippen molar-refractivity contribution in [2.45, 2.75) is 19.6 Å². The standard InChI is InChI=1S/C20H18FN3O4.C8H9NO/c1-20(19(25)26)10-27-18(28-11-20)17-23-15(12-2-4-14(21)5-3-12)16(24-17)13-6-8-22-9-7-13;9-8(10)6-7-4-2-1-3-5-7/h2-9,18H,10-11H2,1H3,(H,23,24)(H,25,26);1-5H,6H2,(H2,9,10). The molecule has 1 aliphatic heterocycles. The van der Waals surface area contributed by atoms with Crippen LogP contribution in [0.15, 0.2) is 79.1 Å². The molecule has 1 fully saturated rings. The van der Waals surface area contributed by atoms with Crippen LogP contribution in [0, 0.1) is 11.2 Å². The maximum Gasteiger partial charge on any atom is 0.314 e. The van der Waals surface area contributed by atoms with E-state index in [1.54, 1.807) is 31.5 Å². The van der Waals surface area contributed by atoms with Gasteiger partial charge in [-0.15, -0.1) is 0 Å². The highest BCUT2D eigenvalue weighted by Gasteiger charge is 2.40. The van der Waals surface area contributed by atoms with Gasteiger partial charge in [-0.2, -0.15) is 0 Å². The van der Waals surface area contributed by atoms with E-state index in [0.29, 0.717) is 23.6 Å². The lowest BCUT2D eigenvalue weighted by atomic mass is 9.92. The summed E-state index contributed by atoms with van der Waals surface area (Å²) in [5.74, 6) is -1.18. The Morgan fingerprint density at radius 1 is 1.03 bits per heavy atom. The van der Waals surface area contributed by atoms with Gasteiger partial charge in [0, 0.05) is 23.5 Å². The molecule has 0 atom stereocenters. The molecule has 1 amide bonds. The number of hydrogen-bond acceptors (Lipinski definition) is 6. The van der Waals surface area contributed by atoms with Crippen molar-refractivity contribution in [3.63, 3.8) is 0 Å². The van der Waals surface area contributed by atoms with E-state index in [2.05, 4.69) is 15.0 Å². The van der Waals surface area contributed by atoms with E-state index in [0.717, 1.165) is 16.7 Å². The zero-order valence-corrected chi connectivity index (χ0v) is 20.6. The number of rotatable bonds is 6. The summed E-state index contributed by atoms with van der Waals surface area (Å²) in [4.78, 5) is 33.6. The first-order chi connectivity index (χ1) is 18.2. The number of nitrogens with one attached hydrogen (secondary N) is 1. The number of primary amides is 1. The van der Waals surface area contributed by atoms with Crippen LogP contribution >= 0.6 is 0 Å². The van der Waals surface area contributed by atoms with Gasteiger partial charge in [-0.25, -0.2) is 9.37 Å². The Labute approximate surface area is 218 Å². The molecule has 4 N–H and O–H groups in total. The van der Waals surface area contributed by atoms with E-state index in [9.17, 15) is 19.1 Å². The zero-order valence-electron chi connectivity index (χ0n) is 20.6. The minimum absolute atomic E-state index is 0.00414. The number of carbonyl (C=O) groups is 2. The number of imidazole rings is 1. The number of aromatic nitrogens is 3. The molecule has 0 unspecified atom stereocenters. The molecule has 0 spiro atoms. The van der Waals surface area contributed by atoms with E-state index in [-0.39, 0.29) is 24.9 Å². The lowest BCUT2D eigenvalue weighted by Crippen LogP contribution is -2.42. The highest BCUT2D eigenvalue weighted by Crippen LogP contribution is 2.35. The Balaban J connectivity index is 0.000000283. The van der Waals surface area contributed by atoms with E-state index >= 15 is 0 Å². The number of ether oxygens (including phenoxy) is 2. The number of aliphatic carboxylic acids is 1. The summed E-state index contributed by atoms with van der Waals surface area (Å²) < 4.78 is 24.6. The monoisotopic (exact) mass is 518 g/mol. The number of nitrogens with zero attached hydrogens (tertiary/aromatic N) is 2. The number of carboxylic acid groups (broad SMARTS) is 1. The molecule has 0 aliphatic carbocycles. The summed E-state index contributed by atoms with van der Waals surface area (Å²) in [5.41, 5.74) is 7.75. The van der Waals surface area contributed by atoms with Crippen molar-refractivity contribution in [2.75, 3.05) is 13.2 Å². The summed E-state index contributed by atoms with van der Waals surface area (Å²) in [6, 6.07) is 19.1. The van der Waals surface area contributed by atoms with Crippen LogP contribution in [-0.4, -0.2) is 45.1 Å². The fraction of sp³-hybridized carbons (Fsp3) is 0.214. The summed E-state index contributed by atoms with van der Waals surface area (Å²) in [5, 5.41) is 9.30. The third-order valence-corrected chi connectivity index (χ3v) is 5.88. The van der Waals surface area contributed by atoms with Crippen molar-refractivity contribution in [3.8, 4) is 22.5 Å². The zero-order chi connectivity index (χ0) is 27.1. The normalized spacial score (nSPS) is 18.7. The molecular weight excluding hydrogens is 491 g/mol. The van der Waals surface area contributed by atoms with Crippen LogP contribution in [0.5, 0.6) is 0 Å². The molecule has 38 heavy (non-hydrogen) atoms. The van der Waals surface area contributed by atoms with Crippen LogP contribution in [0.2, 0.25) is 0 Å². The van der Waals surface area contributed by atoms with Crippen LogP contribution in [0.1, 0.15) is 24.6 Å². The van der Waals surface area contributed by atoms with Crippen molar-refractivity contribution < 1.29 is 28.6 Å². The van der Waals surface area contributed by atoms with Crippen molar-refractivity contribution in [3.05, 3.63) is 96.3 Å². The molecular formula is C28H27FN4O5. The van der Waals surface area contributed by atoms with Gasteiger partial charge in [-0.3, -0.25) is 14.6 Å². The van der Waals surface area contributed by atoms with Crippen molar-refractivity contribution in [1.82, 2.24) is 15.0 Å². The van der Waals surface area contributed by atoms with Crippen molar-refractivity contribution in [2.24, 2.45) is 11.1 Å². The van der Waals surface area contributed by atoms with E-state index in [1.165, 1.54) is 12.1 Å². The molecule has 0 bridgehead atoms. The first kappa shape index (κ1) is 26.6. The van der Waals surface area contributed by atoms with Crippen LogP contribution in [0.25, 0.3) is 22.5 Å². The molecule has 0 saturated carbocycles. The molecule has 196 valence electrons. The van der Waals surface area contributed by atoms with Gasteiger partial charge in [0.2, 0.25) is 12.2 Å². The molecule has 0 radical (unpaired) electrons. The Morgan fingerprint density at radius 3 is 2.24 bits per heavy atom. The van der Waals surface area contributed by atoms with Crippen LogP contribution in [0.4, 0.5) is 4.39 Å². The Bertz CT molecular complexity index is 1370. The maximum absolute atomic E-state index is 13.3. The molecule has 1 saturated heterocycles. The van der Waals surface area contributed by atoms with E-state index in [4.69, 9.17) is 15.2 Å². The lowest BCUT2D eigenvalue weighted by Gasteiger charge is -2.33. The average molecular weight is 519 g/mol. The minimum Gasteiger partial charge on any atom is -0.481 e. The maximum atomic E-state index is 13.3. The second-order valence-electron chi connectivity index (χ2n) is 9.04. The number of halogens is 1. The molecule has 9 nitrogen and oxygen atoms in total. The SMILES string of the molecule is CC1(C(=O)O)COC(c2nc(-c3ccc(F)cc3)c(-c3ccncc3)[nH]2)OC1.NC(=O)Cc1ccccc1. The number of carbonyl (C=O) groups excluding carboxylic acids is 1. The number of benzene rings is 2. The average Bonchev–Trinajstić information content (AvgIpc) is 3.36. The van der Waals surface area contributed by atoms with Crippen molar-refractivity contribution in [1.29, 1.82) is 0 Å². The van der Waals surface area contributed by atoms with Gasteiger partial charge in [0.25, 0.3) is 0 Å². The van der Waals surface area contributed by atoms with Gasteiger partial charge in [-0.05, 0) is 48.9 Å². The molecule has 4 aromatic rings. The van der Waals surface area contributed by atoms with Gasteiger partial charge < -0.3 is 25.3 Å². The fourth-order valence-electron chi connectivity index (χ4n) is 3.73. The molecule has 10 heteroatoms. The summed E-state index contributed by atoms with van der Waals surface area (Å²) in [6.07, 6.45) is 2.84. The summed E-state index contributed by atoms with van der Waals surface area (Å²) in [6.45, 7) is 1.58. The predicted octanol–water partition coefficient (Wildman–Crippen LogP) is 4.13. The van der Waals surface area contributed by atoms with Gasteiger partial charge in [0.15, 0.2) is 5.82 Å². The van der Waals surface area contributed by atoms with Gasteiger partial charge in [0.1, 0.15) is 11.2 Å². The largest absolute Gasteiger partial charge is 0.481 e. The molecule has 2 aromatic heterocycles. The fourth-order valence-corrected chi connectivity index (χ4v) is 3.73. The number of amides is 1. The molecule has 1 aliphatic rings. The molecule has 5 rings (SSSR count). The first-order valence-corrected chi connectivity index (χ1v) is 11.8. The van der Waals surface area contributed by atoms with E-state index < -0.39 is 17.7 Å². The van der Waals surface area contributed by atoms with Gasteiger partial charge >= 0.3 is 5.97 Å². The first-order valence-electron chi connectivity index (χ1n) is 11.8. The summed E-state index contributed by atoms with van der Waals surface area (Å²) in [7, 11) is 0. The Morgan fingerprint density at radius 2 is 1.66 bits per heavy atom. The van der Waals surface area contributed by atoms with Crippen molar-refractivity contribution >= 4 is 11.9 Å². The third kappa shape index (κ3) is 6.47. The van der Waals surface area contributed by atoms with Crippen LogP contribution in [0.3, 0.4) is 0 Å². The predicted molar refractivity (Wildman–Crippen MR) is 137 cm³/mol.